The van der Waals surface area contributed by atoms with Crippen LogP contribution in [0.1, 0.15) is 45.4 Å². The Balaban J connectivity index is 1.45. The Morgan fingerprint density at radius 3 is 2.44 bits per heavy atom. The van der Waals surface area contributed by atoms with Gasteiger partial charge in [-0.25, -0.2) is 0 Å². The monoisotopic (exact) mass is 520 g/mol. The second-order valence-corrected chi connectivity index (χ2v) is 12.3. The van der Waals surface area contributed by atoms with Crippen LogP contribution in [0.4, 0.5) is 0 Å². The van der Waals surface area contributed by atoms with Gasteiger partial charge in [0.15, 0.2) is 0 Å². The number of nitrogens with one attached hydrogen (secondary N) is 1. The number of carbonyl (C=O) groups is 1. The summed E-state index contributed by atoms with van der Waals surface area (Å²) in [6.45, 7) is 3.22. The second kappa shape index (κ2) is 11.5. The number of nitrogens with zero attached hydrogens (tertiary/aromatic N) is 1. The molecule has 0 aromatic heterocycles. The average Bonchev–Trinajstić information content (AvgIpc) is 3.39. The molecule has 0 bridgehead atoms. The topological polar surface area (TPSA) is 111 Å². The molecule has 4 aliphatic rings. The zero-order valence-electron chi connectivity index (χ0n) is 20.4. The van der Waals surface area contributed by atoms with Crippen molar-refractivity contribution in [2.75, 3.05) is 26.5 Å². The first kappa shape index (κ1) is 26.9. The molecule has 0 aromatic rings. The van der Waals surface area contributed by atoms with E-state index < -0.39 is 47.3 Å². The molecule has 0 radical (unpaired) electrons. The molecule has 1 amide bonds. The molecule has 0 aromatic carbocycles. The highest BCUT2D eigenvalue weighted by molar-refractivity contribution is 7.99. The van der Waals surface area contributed by atoms with Gasteiger partial charge in [0.05, 0.1) is 17.5 Å². The highest BCUT2D eigenvalue weighted by Crippen LogP contribution is 2.42. The lowest BCUT2D eigenvalue weighted by Crippen LogP contribution is -2.65. The van der Waals surface area contributed by atoms with Gasteiger partial charge in [-0.3, -0.25) is 9.69 Å². The molecule has 1 saturated carbocycles. The molecule has 0 spiro atoms. The lowest BCUT2D eigenvalue weighted by molar-refractivity contribution is -0.205. The number of aliphatic hydroxyl groups is 3. The first-order chi connectivity index (χ1) is 16.2. The summed E-state index contributed by atoms with van der Waals surface area (Å²) in [6.07, 6.45) is 4.11. The van der Waals surface area contributed by atoms with Gasteiger partial charge in [-0.05, 0) is 44.9 Å². The molecule has 8 nitrogen and oxygen atoms in total. The standard InChI is InChI=1S/C24H41ClN2O6S/c1-12(25)16(22-19(29)18(28)20(30)24(33-22)34-3)26-23(31)17-21-15(11-27(17)2)10-14(8-9-32-21)13-6-4-5-7-13/h12-22,24,28-30H,4-11H2,1-3H3,(H,26,31). The van der Waals surface area contributed by atoms with Crippen molar-refractivity contribution in [1.82, 2.24) is 10.2 Å². The minimum atomic E-state index is -1.39. The number of hydrogen-bond acceptors (Lipinski definition) is 8. The lowest BCUT2D eigenvalue weighted by atomic mass is 9.81. The van der Waals surface area contributed by atoms with Crippen LogP contribution in [0, 0.1) is 17.8 Å². The number of rotatable bonds is 6. The van der Waals surface area contributed by atoms with Crippen molar-refractivity contribution in [3.05, 3.63) is 0 Å². The maximum absolute atomic E-state index is 13.6. The maximum atomic E-state index is 13.6. The van der Waals surface area contributed by atoms with Crippen molar-refractivity contribution in [3.63, 3.8) is 0 Å². The molecule has 3 aliphatic heterocycles. The van der Waals surface area contributed by atoms with Gasteiger partial charge in [-0.2, -0.15) is 0 Å². The Morgan fingerprint density at radius 1 is 1.09 bits per heavy atom. The smallest absolute Gasteiger partial charge is 0.240 e. The van der Waals surface area contributed by atoms with Crippen molar-refractivity contribution in [2.24, 2.45) is 17.8 Å². The number of fused-ring (bicyclic) bond motifs is 1. The Labute approximate surface area is 212 Å². The molecular weight excluding hydrogens is 480 g/mol. The number of carbonyl (C=O) groups excluding carboxylic acids is 1. The van der Waals surface area contributed by atoms with Gasteiger partial charge < -0.3 is 30.1 Å². The third kappa shape index (κ3) is 5.42. The Morgan fingerprint density at radius 2 is 1.79 bits per heavy atom. The number of thioether (sulfide) groups is 1. The zero-order valence-corrected chi connectivity index (χ0v) is 22.0. The van der Waals surface area contributed by atoms with Crippen LogP contribution in [-0.4, -0.2) is 106 Å². The van der Waals surface area contributed by atoms with Crippen molar-refractivity contribution < 1.29 is 29.6 Å². The molecule has 3 heterocycles. The van der Waals surface area contributed by atoms with Gasteiger partial charge in [0.25, 0.3) is 0 Å². The summed E-state index contributed by atoms with van der Waals surface area (Å²) in [7, 11) is 1.96. The minimum Gasteiger partial charge on any atom is -0.388 e. The second-order valence-electron chi connectivity index (χ2n) is 10.7. The van der Waals surface area contributed by atoms with Crippen molar-refractivity contribution in [2.45, 2.75) is 98.9 Å². The molecule has 11 unspecified atom stereocenters. The first-order valence-corrected chi connectivity index (χ1v) is 14.4. The first-order valence-electron chi connectivity index (χ1n) is 12.7. The zero-order chi connectivity index (χ0) is 24.6. The van der Waals surface area contributed by atoms with Crippen LogP contribution in [0.3, 0.4) is 0 Å². The van der Waals surface area contributed by atoms with E-state index in [1.807, 2.05) is 7.05 Å². The number of alkyl halides is 1. The normalized spacial score (nSPS) is 43.8. The molecule has 1 aliphatic carbocycles. The fraction of sp³-hybridized carbons (Fsp3) is 0.958. The van der Waals surface area contributed by atoms with E-state index in [9.17, 15) is 20.1 Å². The largest absolute Gasteiger partial charge is 0.388 e. The van der Waals surface area contributed by atoms with E-state index in [1.54, 1.807) is 13.2 Å². The highest BCUT2D eigenvalue weighted by atomic mass is 35.5. The molecule has 4 fully saturated rings. The van der Waals surface area contributed by atoms with Crippen LogP contribution >= 0.6 is 23.4 Å². The fourth-order valence-electron chi connectivity index (χ4n) is 6.67. The van der Waals surface area contributed by atoms with E-state index in [-0.39, 0.29) is 12.0 Å². The summed E-state index contributed by atoms with van der Waals surface area (Å²) in [5.41, 5.74) is -0.727. The maximum Gasteiger partial charge on any atom is 0.240 e. The van der Waals surface area contributed by atoms with Crippen LogP contribution in [0.5, 0.6) is 0 Å². The van der Waals surface area contributed by atoms with Gasteiger partial charge in [-0.15, -0.1) is 23.4 Å². The molecule has 4 N–H and O–H groups in total. The van der Waals surface area contributed by atoms with E-state index in [1.165, 1.54) is 37.4 Å². The molecule has 11 atom stereocenters. The van der Waals surface area contributed by atoms with Crippen LogP contribution in [0.15, 0.2) is 0 Å². The molecular formula is C24H41ClN2O6S. The van der Waals surface area contributed by atoms with E-state index in [0.29, 0.717) is 18.4 Å². The predicted molar refractivity (Wildman–Crippen MR) is 132 cm³/mol. The number of ether oxygens (including phenoxy) is 2. The summed E-state index contributed by atoms with van der Waals surface area (Å²) in [5.74, 6) is 1.57. The van der Waals surface area contributed by atoms with Crippen LogP contribution in [0.2, 0.25) is 0 Å². The SMILES string of the molecule is CSC1OC(C(NC(=O)C2C3OCCC(C4CCCC4)CC3CN2C)C(C)Cl)C(O)C(O)C1O. The fourth-order valence-corrected chi connectivity index (χ4v) is 7.56. The van der Waals surface area contributed by atoms with E-state index in [0.717, 1.165) is 25.3 Å². The summed E-state index contributed by atoms with van der Waals surface area (Å²) in [4.78, 5) is 15.6. The third-order valence-electron chi connectivity index (χ3n) is 8.51. The summed E-state index contributed by atoms with van der Waals surface area (Å²) in [5, 5.41) is 33.6. The van der Waals surface area contributed by atoms with Gasteiger partial charge in [0.2, 0.25) is 5.91 Å². The van der Waals surface area contributed by atoms with Gasteiger partial charge in [-0.1, -0.05) is 25.7 Å². The number of hydrogen-bond donors (Lipinski definition) is 4. The molecule has 3 saturated heterocycles. The number of likely N-dealkylation sites (N-methyl/N-ethyl adjacent to an activating group) is 1. The minimum absolute atomic E-state index is 0.175. The molecule has 10 heteroatoms. The predicted octanol–water partition coefficient (Wildman–Crippen LogP) is 1.18. The number of likely N-dealkylation sites (tertiary alicyclic amines) is 1. The average molecular weight is 521 g/mol. The summed E-state index contributed by atoms with van der Waals surface area (Å²) >= 11 is 7.70. The van der Waals surface area contributed by atoms with Crippen LogP contribution < -0.4 is 5.32 Å². The van der Waals surface area contributed by atoms with Gasteiger partial charge in [0, 0.05) is 19.1 Å². The number of amides is 1. The molecule has 34 heavy (non-hydrogen) atoms. The Bertz CT molecular complexity index is 696. The Hall–Kier alpha value is -0.130. The number of halogens is 1. The highest BCUT2D eigenvalue weighted by Gasteiger charge is 2.51. The van der Waals surface area contributed by atoms with Crippen LogP contribution in [0.25, 0.3) is 0 Å². The Kier molecular flexibility index (Phi) is 9.11. The van der Waals surface area contributed by atoms with Crippen molar-refractivity contribution in [1.29, 1.82) is 0 Å². The molecule has 4 rings (SSSR count). The van der Waals surface area contributed by atoms with E-state index in [4.69, 9.17) is 21.1 Å². The summed E-state index contributed by atoms with van der Waals surface area (Å²) < 4.78 is 12.2. The van der Waals surface area contributed by atoms with E-state index >= 15 is 0 Å². The quantitative estimate of drug-likeness (QED) is 0.386. The third-order valence-corrected chi connectivity index (χ3v) is 9.64. The molecule has 196 valence electrons. The lowest BCUT2D eigenvalue weighted by Gasteiger charge is -2.44. The van der Waals surface area contributed by atoms with Gasteiger partial charge in [0.1, 0.15) is 35.9 Å². The van der Waals surface area contributed by atoms with Crippen LogP contribution in [-0.2, 0) is 14.3 Å². The van der Waals surface area contributed by atoms with Crippen molar-refractivity contribution >= 4 is 29.3 Å². The summed E-state index contributed by atoms with van der Waals surface area (Å²) in [6, 6.07) is -1.19. The number of aliphatic hydroxyl groups excluding tert-OH is 3. The van der Waals surface area contributed by atoms with Gasteiger partial charge >= 0.3 is 0 Å². The van der Waals surface area contributed by atoms with E-state index in [2.05, 4.69) is 10.2 Å². The van der Waals surface area contributed by atoms with Crippen molar-refractivity contribution in [3.8, 4) is 0 Å².